The molecule has 0 aromatic heterocycles. The molecule has 1 aromatic carbocycles. The van der Waals surface area contributed by atoms with E-state index in [-0.39, 0.29) is 23.6 Å². The molecule has 6 heteroatoms. The van der Waals surface area contributed by atoms with Gasteiger partial charge in [-0.1, -0.05) is 26.0 Å². The van der Waals surface area contributed by atoms with E-state index in [4.69, 9.17) is 5.11 Å². The van der Waals surface area contributed by atoms with Crippen LogP contribution in [0.5, 0.6) is 0 Å². The van der Waals surface area contributed by atoms with E-state index in [1.165, 1.54) is 12.1 Å². The van der Waals surface area contributed by atoms with Gasteiger partial charge in [0.2, 0.25) is 0 Å². The molecule has 6 nitrogen and oxygen atoms in total. The van der Waals surface area contributed by atoms with Gasteiger partial charge in [0.15, 0.2) is 0 Å². The Morgan fingerprint density at radius 3 is 2.30 bits per heavy atom. The number of carbonyl (C=O) groups is 2. The molecule has 2 rings (SSSR count). The SMILES string of the molecule is CC1(C)CCCC1(O)CNC(=O)NCc1ccc(C(=O)O)cc1. The number of aliphatic hydroxyl groups is 1. The highest BCUT2D eigenvalue weighted by Crippen LogP contribution is 2.45. The predicted molar refractivity (Wildman–Crippen MR) is 86.2 cm³/mol. The van der Waals surface area contributed by atoms with Gasteiger partial charge in [-0.15, -0.1) is 0 Å². The Kier molecular flexibility index (Phi) is 4.94. The van der Waals surface area contributed by atoms with Gasteiger partial charge in [0, 0.05) is 13.1 Å². The van der Waals surface area contributed by atoms with Crippen molar-refractivity contribution in [3.63, 3.8) is 0 Å². The summed E-state index contributed by atoms with van der Waals surface area (Å²) in [6.45, 7) is 4.56. The topological polar surface area (TPSA) is 98.7 Å². The lowest BCUT2D eigenvalue weighted by Gasteiger charge is -2.36. The zero-order chi connectivity index (χ0) is 17.1. The number of hydrogen-bond acceptors (Lipinski definition) is 3. The molecule has 4 N–H and O–H groups in total. The highest BCUT2D eigenvalue weighted by molar-refractivity contribution is 5.87. The molecule has 0 radical (unpaired) electrons. The number of carboxylic acid groups (broad SMARTS) is 1. The minimum atomic E-state index is -0.977. The molecule has 2 amide bonds. The Labute approximate surface area is 135 Å². The second-order valence-corrected chi connectivity index (χ2v) is 6.81. The normalized spacial score (nSPS) is 22.6. The monoisotopic (exact) mass is 320 g/mol. The van der Waals surface area contributed by atoms with Crippen LogP contribution in [0.25, 0.3) is 0 Å². The molecule has 1 aliphatic rings. The minimum Gasteiger partial charge on any atom is -0.478 e. The van der Waals surface area contributed by atoms with E-state index in [0.29, 0.717) is 13.0 Å². The molecule has 1 unspecified atom stereocenters. The Morgan fingerprint density at radius 1 is 1.13 bits per heavy atom. The zero-order valence-electron chi connectivity index (χ0n) is 13.6. The van der Waals surface area contributed by atoms with Crippen molar-refractivity contribution in [2.24, 2.45) is 5.41 Å². The lowest BCUT2D eigenvalue weighted by Crippen LogP contribution is -2.51. The number of benzene rings is 1. The quantitative estimate of drug-likeness (QED) is 0.668. The van der Waals surface area contributed by atoms with E-state index < -0.39 is 11.6 Å². The summed E-state index contributed by atoms with van der Waals surface area (Å²) in [6.07, 6.45) is 2.60. The summed E-state index contributed by atoms with van der Waals surface area (Å²) in [5.41, 5.74) is -0.0469. The third-order valence-electron chi connectivity index (χ3n) is 4.85. The van der Waals surface area contributed by atoms with Gasteiger partial charge in [0.05, 0.1) is 11.2 Å². The first-order chi connectivity index (χ1) is 10.7. The lowest BCUT2D eigenvalue weighted by atomic mass is 9.78. The van der Waals surface area contributed by atoms with Gasteiger partial charge in [0.1, 0.15) is 0 Å². The van der Waals surface area contributed by atoms with Crippen LogP contribution >= 0.6 is 0 Å². The lowest BCUT2D eigenvalue weighted by molar-refractivity contribution is -0.0385. The largest absolute Gasteiger partial charge is 0.478 e. The molecular weight excluding hydrogens is 296 g/mol. The average molecular weight is 320 g/mol. The fourth-order valence-corrected chi connectivity index (χ4v) is 2.96. The van der Waals surface area contributed by atoms with Crippen LogP contribution in [0, 0.1) is 5.41 Å². The van der Waals surface area contributed by atoms with Crippen molar-refractivity contribution in [2.75, 3.05) is 6.54 Å². The molecule has 126 valence electrons. The van der Waals surface area contributed by atoms with Crippen molar-refractivity contribution >= 4 is 12.0 Å². The Bertz CT molecular complexity index is 583. The van der Waals surface area contributed by atoms with Gasteiger partial charge in [-0.05, 0) is 42.4 Å². The standard InChI is InChI=1S/C17H24N2O4/c1-16(2)8-3-9-17(16,23)11-19-15(22)18-10-12-4-6-13(7-5-12)14(20)21/h4-7,23H,3,8-11H2,1-2H3,(H,20,21)(H2,18,19,22). The van der Waals surface area contributed by atoms with Crippen LogP contribution in [-0.2, 0) is 6.54 Å². The van der Waals surface area contributed by atoms with E-state index in [0.717, 1.165) is 18.4 Å². The summed E-state index contributed by atoms with van der Waals surface area (Å²) in [5.74, 6) is -0.977. The van der Waals surface area contributed by atoms with E-state index in [9.17, 15) is 14.7 Å². The molecule has 1 saturated carbocycles. The van der Waals surface area contributed by atoms with Gasteiger partial charge in [-0.2, -0.15) is 0 Å². The first-order valence-corrected chi connectivity index (χ1v) is 7.80. The molecule has 0 saturated heterocycles. The molecule has 23 heavy (non-hydrogen) atoms. The highest BCUT2D eigenvalue weighted by atomic mass is 16.4. The Balaban J connectivity index is 1.80. The second-order valence-electron chi connectivity index (χ2n) is 6.81. The van der Waals surface area contributed by atoms with E-state index in [1.54, 1.807) is 12.1 Å². The van der Waals surface area contributed by atoms with Gasteiger partial charge in [-0.3, -0.25) is 0 Å². The molecule has 0 heterocycles. The molecule has 0 bridgehead atoms. The highest BCUT2D eigenvalue weighted by Gasteiger charge is 2.47. The molecule has 1 aromatic rings. The molecule has 0 aliphatic heterocycles. The van der Waals surface area contributed by atoms with E-state index >= 15 is 0 Å². The first kappa shape index (κ1) is 17.3. The second kappa shape index (κ2) is 6.58. The van der Waals surface area contributed by atoms with E-state index in [1.807, 2.05) is 13.8 Å². The van der Waals surface area contributed by atoms with Crippen LogP contribution in [0.15, 0.2) is 24.3 Å². The predicted octanol–water partition coefficient (Wildman–Crippen LogP) is 2.13. The number of rotatable bonds is 5. The molecular formula is C17H24N2O4. The Hall–Kier alpha value is -2.08. The maximum atomic E-state index is 11.9. The van der Waals surface area contributed by atoms with Gasteiger partial charge >= 0.3 is 12.0 Å². The summed E-state index contributed by atoms with van der Waals surface area (Å²) in [6, 6.07) is 5.99. The van der Waals surface area contributed by atoms with Crippen molar-refractivity contribution in [3.05, 3.63) is 35.4 Å². The number of amides is 2. The molecule has 1 fully saturated rings. The summed E-state index contributed by atoms with van der Waals surface area (Å²) >= 11 is 0. The maximum Gasteiger partial charge on any atom is 0.335 e. The van der Waals surface area contributed by atoms with Crippen LogP contribution in [-0.4, -0.2) is 34.4 Å². The van der Waals surface area contributed by atoms with Crippen LogP contribution in [0.4, 0.5) is 4.79 Å². The van der Waals surface area contributed by atoms with Crippen molar-refractivity contribution in [1.82, 2.24) is 10.6 Å². The van der Waals surface area contributed by atoms with Crippen LogP contribution in [0.3, 0.4) is 0 Å². The number of aromatic carboxylic acids is 1. The number of hydrogen-bond donors (Lipinski definition) is 4. The zero-order valence-corrected chi connectivity index (χ0v) is 13.6. The first-order valence-electron chi connectivity index (χ1n) is 7.80. The number of carbonyl (C=O) groups excluding carboxylic acids is 1. The summed E-state index contributed by atoms with van der Waals surface area (Å²) in [5, 5.41) is 24.9. The summed E-state index contributed by atoms with van der Waals surface area (Å²) < 4.78 is 0. The van der Waals surface area contributed by atoms with E-state index in [2.05, 4.69) is 10.6 Å². The van der Waals surface area contributed by atoms with Crippen LogP contribution in [0.1, 0.15) is 49.0 Å². The van der Waals surface area contributed by atoms with Crippen LogP contribution < -0.4 is 10.6 Å². The molecule has 1 atom stereocenters. The Morgan fingerprint density at radius 2 is 1.78 bits per heavy atom. The summed E-state index contributed by atoms with van der Waals surface area (Å²) in [4.78, 5) is 22.6. The third kappa shape index (κ3) is 4.01. The van der Waals surface area contributed by atoms with Crippen molar-refractivity contribution in [3.8, 4) is 0 Å². The third-order valence-corrected chi connectivity index (χ3v) is 4.85. The van der Waals surface area contributed by atoms with Gasteiger partial charge in [0.25, 0.3) is 0 Å². The fraction of sp³-hybridized carbons (Fsp3) is 0.529. The smallest absolute Gasteiger partial charge is 0.335 e. The van der Waals surface area contributed by atoms with Gasteiger partial charge < -0.3 is 20.8 Å². The maximum absolute atomic E-state index is 11.9. The fourth-order valence-electron chi connectivity index (χ4n) is 2.96. The average Bonchev–Trinajstić information content (AvgIpc) is 2.77. The van der Waals surface area contributed by atoms with Crippen LogP contribution in [0.2, 0.25) is 0 Å². The number of urea groups is 1. The van der Waals surface area contributed by atoms with Crippen molar-refractivity contribution < 1.29 is 19.8 Å². The van der Waals surface area contributed by atoms with Crippen molar-refractivity contribution in [1.29, 1.82) is 0 Å². The number of nitrogens with one attached hydrogen (secondary N) is 2. The minimum absolute atomic E-state index is 0.201. The summed E-state index contributed by atoms with van der Waals surface area (Å²) in [7, 11) is 0. The molecule has 1 aliphatic carbocycles. The number of carboxylic acids is 1. The van der Waals surface area contributed by atoms with Gasteiger partial charge in [-0.25, -0.2) is 9.59 Å². The molecule has 0 spiro atoms. The van der Waals surface area contributed by atoms with Crippen molar-refractivity contribution in [2.45, 2.75) is 45.3 Å².